The SMILES string of the molecule is O/N=C1\CCc2cc(Nc3c(-c4cccn4-c4nccs4)nc4cnccn34)ccc21. The van der Waals surface area contributed by atoms with Crippen molar-refractivity contribution in [1.82, 2.24) is 23.9 Å². The van der Waals surface area contributed by atoms with Gasteiger partial charge in [0.2, 0.25) is 0 Å². The van der Waals surface area contributed by atoms with Crippen molar-refractivity contribution in [2.45, 2.75) is 12.8 Å². The summed E-state index contributed by atoms with van der Waals surface area (Å²) in [5.74, 6) is 0.850. The third-order valence-electron chi connectivity index (χ3n) is 5.48. The second-order valence-electron chi connectivity index (χ2n) is 7.24. The zero-order valence-corrected chi connectivity index (χ0v) is 17.1. The third kappa shape index (κ3) is 2.89. The fraction of sp³-hybridized carbons (Fsp3) is 0.0909. The smallest absolute Gasteiger partial charge is 0.194 e. The van der Waals surface area contributed by atoms with Crippen LogP contribution in [0.4, 0.5) is 11.5 Å². The minimum atomic E-state index is 0.740. The number of oxime groups is 1. The van der Waals surface area contributed by atoms with Crippen LogP contribution in [0.15, 0.2) is 71.9 Å². The van der Waals surface area contributed by atoms with E-state index in [1.54, 1.807) is 29.9 Å². The first-order chi connectivity index (χ1) is 15.3. The maximum atomic E-state index is 9.20. The van der Waals surface area contributed by atoms with E-state index in [0.717, 1.165) is 57.8 Å². The molecule has 152 valence electrons. The van der Waals surface area contributed by atoms with Gasteiger partial charge in [-0.25, -0.2) is 9.97 Å². The lowest BCUT2D eigenvalue weighted by molar-refractivity contribution is 0.318. The topological polar surface area (TPSA) is 92.6 Å². The van der Waals surface area contributed by atoms with E-state index >= 15 is 0 Å². The summed E-state index contributed by atoms with van der Waals surface area (Å²) in [4.78, 5) is 13.5. The molecule has 0 spiro atoms. The Morgan fingerprint density at radius 1 is 1.13 bits per heavy atom. The number of benzene rings is 1. The van der Waals surface area contributed by atoms with Gasteiger partial charge in [-0.15, -0.1) is 11.3 Å². The standard InChI is InChI=1S/C22H17N7OS/c30-27-17-6-3-14-12-15(4-5-16(14)17)25-21-20(26-19-13-23-7-10-29(19)21)18-2-1-9-28(18)22-24-8-11-31-22/h1-2,4-5,7-13,25,30H,3,6H2/b27-17+. The predicted molar refractivity (Wildman–Crippen MR) is 120 cm³/mol. The van der Waals surface area contributed by atoms with Crippen LogP contribution in [0.25, 0.3) is 22.2 Å². The number of aromatic nitrogens is 5. The van der Waals surface area contributed by atoms with Crippen molar-refractivity contribution in [3.05, 3.63) is 77.8 Å². The molecule has 31 heavy (non-hydrogen) atoms. The summed E-state index contributed by atoms with van der Waals surface area (Å²) in [7, 11) is 0. The van der Waals surface area contributed by atoms with E-state index in [-0.39, 0.29) is 0 Å². The van der Waals surface area contributed by atoms with Crippen LogP contribution in [0.5, 0.6) is 0 Å². The second-order valence-corrected chi connectivity index (χ2v) is 8.11. The number of anilines is 2. The highest BCUT2D eigenvalue weighted by Gasteiger charge is 2.21. The molecule has 6 rings (SSSR count). The average Bonchev–Trinajstić information content (AvgIpc) is 3.58. The van der Waals surface area contributed by atoms with E-state index in [0.29, 0.717) is 0 Å². The van der Waals surface area contributed by atoms with Gasteiger partial charge in [0.25, 0.3) is 0 Å². The molecule has 5 aromatic rings. The molecule has 1 aliphatic carbocycles. The number of imidazole rings is 1. The van der Waals surface area contributed by atoms with Crippen LogP contribution < -0.4 is 5.32 Å². The molecule has 8 nitrogen and oxygen atoms in total. The van der Waals surface area contributed by atoms with Gasteiger partial charge in [-0.1, -0.05) is 11.2 Å². The van der Waals surface area contributed by atoms with Crippen molar-refractivity contribution in [3.63, 3.8) is 0 Å². The van der Waals surface area contributed by atoms with Crippen LogP contribution in [0.2, 0.25) is 0 Å². The van der Waals surface area contributed by atoms with Crippen LogP contribution in [0.3, 0.4) is 0 Å². The molecule has 2 N–H and O–H groups in total. The minimum Gasteiger partial charge on any atom is -0.411 e. The minimum absolute atomic E-state index is 0.740. The van der Waals surface area contributed by atoms with Gasteiger partial charge in [-0.3, -0.25) is 14.0 Å². The Bertz CT molecular complexity index is 1430. The Morgan fingerprint density at radius 2 is 2.10 bits per heavy atom. The zero-order valence-electron chi connectivity index (χ0n) is 16.3. The summed E-state index contributed by atoms with van der Waals surface area (Å²) >= 11 is 1.57. The first-order valence-corrected chi connectivity index (χ1v) is 10.7. The molecule has 4 aromatic heterocycles. The van der Waals surface area contributed by atoms with E-state index < -0.39 is 0 Å². The Morgan fingerprint density at radius 3 is 2.97 bits per heavy atom. The number of hydrogen-bond donors (Lipinski definition) is 2. The second kappa shape index (κ2) is 7.06. The van der Waals surface area contributed by atoms with E-state index in [1.165, 1.54) is 5.56 Å². The van der Waals surface area contributed by atoms with Crippen molar-refractivity contribution >= 4 is 34.2 Å². The Kier molecular flexibility index (Phi) is 4.07. The summed E-state index contributed by atoms with van der Waals surface area (Å²) in [5, 5.41) is 19.0. The number of aryl methyl sites for hydroxylation is 1. The van der Waals surface area contributed by atoms with Gasteiger partial charge in [-0.05, 0) is 42.7 Å². The van der Waals surface area contributed by atoms with Gasteiger partial charge in [0.15, 0.2) is 10.8 Å². The molecule has 1 aliphatic rings. The van der Waals surface area contributed by atoms with Gasteiger partial charge in [-0.2, -0.15) is 0 Å². The van der Waals surface area contributed by atoms with Gasteiger partial charge in [0.1, 0.15) is 11.5 Å². The highest BCUT2D eigenvalue weighted by molar-refractivity contribution is 7.12. The fourth-order valence-corrected chi connectivity index (χ4v) is 4.71. The van der Waals surface area contributed by atoms with Crippen LogP contribution >= 0.6 is 11.3 Å². The van der Waals surface area contributed by atoms with Crippen molar-refractivity contribution < 1.29 is 5.21 Å². The van der Waals surface area contributed by atoms with Crippen LogP contribution in [-0.2, 0) is 6.42 Å². The lowest BCUT2D eigenvalue weighted by Gasteiger charge is -2.11. The lowest BCUT2D eigenvalue weighted by atomic mass is 10.1. The van der Waals surface area contributed by atoms with Crippen molar-refractivity contribution in [1.29, 1.82) is 0 Å². The highest BCUT2D eigenvalue weighted by atomic mass is 32.1. The number of nitrogens with one attached hydrogen (secondary N) is 1. The molecule has 0 unspecified atom stereocenters. The molecular weight excluding hydrogens is 410 g/mol. The summed E-state index contributed by atoms with van der Waals surface area (Å²) in [6.07, 6.45) is 10.8. The maximum absolute atomic E-state index is 9.20. The molecule has 0 saturated heterocycles. The summed E-state index contributed by atoms with van der Waals surface area (Å²) in [5.41, 5.74) is 6.37. The van der Waals surface area contributed by atoms with Crippen LogP contribution in [0.1, 0.15) is 17.5 Å². The largest absolute Gasteiger partial charge is 0.411 e. The molecule has 0 bridgehead atoms. The van der Waals surface area contributed by atoms with E-state index in [4.69, 9.17) is 4.98 Å². The van der Waals surface area contributed by atoms with Crippen molar-refractivity contribution in [3.8, 4) is 16.5 Å². The quantitative estimate of drug-likeness (QED) is 0.325. The lowest BCUT2D eigenvalue weighted by Crippen LogP contribution is -2.01. The van der Waals surface area contributed by atoms with Crippen molar-refractivity contribution in [2.24, 2.45) is 5.16 Å². The monoisotopic (exact) mass is 427 g/mol. The Labute approximate surface area is 181 Å². The molecule has 9 heteroatoms. The van der Waals surface area contributed by atoms with E-state index in [1.807, 2.05) is 51.0 Å². The summed E-state index contributed by atoms with van der Waals surface area (Å²) in [6.45, 7) is 0. The summed E-state index contributed by atoms with van der Waals surface area (Å²) < 4.78 is 4.03. The molecule has 0 fully saturated rings. The molecular formula is C22H17N7OS. The molecule has 0 atom stereocenters. The van der Waals surface area contributed by atoms with Gasteiger partial charge in [0.05, 0.1) is 17.6 Å². The predicted octanol–water partition coefficient (Wildman–Crippen LogP) is 4.51. The average molecular weight is 427 g/mol. The number of rotatable bonds is 4. The summed E-state index contributed by atoms with van der Waals surface area (Å²) in [6, 6.07) is 10.1. The number of thiazole rings is 1. The van der Waals surface area contributed by atoms with Crippen LogP contribution in [-0.4, -0.2) is 34.8 Å². The Balaban J connectivity index is 1.48. The molecule has 0 radical (unpaired) electrons. The van der Waals surface area contributed by atoms with E-state index in [9.17, 15) is 5.21 Å². The molecule has 1 aromatic carbocycles. The zero-order chi connectivity index (χ0) is 20.8. The first kappa shape index (κ1) is 17.8. The first-order valence-electron chi connectivity index (χ1n) is 9.83. The normalized spacial score (nSPS) is 14.4. The number of fused-ring (bicyclic) bond motifs is 2. The molecule has 0 amide bonds. The Hall–Kier alpha value is -3.98. The van der Waals surface area contributed by atoms with E-state index in [2.05, 4.69) is 26.5 Å². The number of nitrogens with zero attached hydrogens (tertiary/aromatic N) is 6. The molecule has 0 aliphatic heterocycles. The highest BCUT2D eigenvalue weighted by Crippen LogP contribution is 2.34. The maximum Gasteiger partial charge on any atom is 0.194 e. The third-order valence-corrected chi connectivity index (χ3v) is 6.25. The molecule has 4 heterocycles. The van der Waals surface area contributed by atoms with Gasteiger partial charge in [0, 0.05) is 41.4 Å². The fourth-order valence-electron chi connectivity index (χ4n) is 4.07. The van der Waals surface area contributed by atoms with Gasteiger partial charge < -0.3 is 10.5 Å². The van der Waals surface area contributed by atoms with Crippen molar-refractivity contribution in [2.75, 3.05) is 5.32 Å². The number of hydrogen-bond acceptors (Lipinski definition) is 7. The van der Waals surface area contributed by atoms with Crippen LogP contribution in [0, 0.1) is 0 Å². The van der Waals surface area contributed by atoms with Gasteiger partial charge >= 0.3 is 0 Å². The molecule has 0 saturated carbocycles.